The van der Waals surface area contributed by atoms with E-state index in [1.807, 2.05) is 35.9 Å². The molecule has 190 valence electrons. The van der Waals surface area contributed by atoms with Gasteiger partial charge in [-0.05, 0) is 84.8 Å². The molecule has 2 aromatic heterocycles. The molecule has 0 aliphatic rings. The molecule has 2 heterocycles. The Morgan fingerprint density at radius 2 is 1.78 bits per heavy atom. The third-order valence-electron chi connectivity index (χ3n) is 6.41. The molecule has 8 nitrogen and oxygen atoms in total. The van der Waals surface area contributed by atoms with E-state index in [0.717, 1.165) is 33.6 Å². The number of methoxy groups -OCH3 is 1. The molecule has 0 aliphatic heterocycles. The van der Waals surface area contributed by atoms with Crippen LogP contribution in [0.5, 0.6) is 5.75 Å². The van der Waals surface area contributed by atoms with Gasteiger partial charge in [-0.15, -0.1) is 5.10 Å². The number of rotatable bonds is 8. The lowest BCUT2D eigenvalue weighted by molar-refractivity contribution is 0.119. The largest absolute Gasteiger partial charge is 0.497 e. The molecular weight excluding hydrogens is 452 g/mol. The molecule has 1 unspecified atom stereocenters. The normalized spacial score (nSPS) is 13.0. The van der Waals surface area contributed by atoms with Crippen LogP contribution in [0.3, 0.4) is 0 Å². The summed E-state index contributed by atoms with van der Waals surface area (Å²) < 4.78 is 7.24. The SMILES string of the molecule is COc1ccc(CN(Cc2cc3ccc(C)cc3[nH]c2=O)C(c2nnnn2C(C)(C)C)C(C)C)cc1. The second-order valence-electron chi connectivity index (χ2n) is 10.8. The summed E-state index contributed by atoms with van der Waals surface area (Å²) in [7, 11) is 1.66. The number of nitrogens with one attached hydrogen (secondary N) is 1. The van der Waals surface area contributed by atoms with Crippen molar-refractivity contribution in [2.75, 3.05) is 7.11 Å². The van der Waals surface area contributed by atoms with Crippen LogP contribution in [-0.4, -0.2) is 37.2 Å². The molecule has 8 heteroatoms. The zero-order valence-corrected chi connectivity index (χ0v) is 22.2. The number of aryl methyl sites for hydroxylation is 1. The number of pyridine rings is 1. The Labute approximate surface area is 212 Å². The molecule has 4 aromatic rings. The minimum atomic E-state index is -0.282. The molecule has 2 aromatic carbocycles. The third-order valence-corrected chi connectivity index (χ3v) is 6.41. The van der Waals surface area contributed by atoms with Crippen LogP contribution in [0.4, 0.5) is 0 Å². The van der Waals surface area contributed by atoms with Gasteiger partial charge in [0.25, 0.3) is 5.56 Å². The molecule has 4 rings (SSSR count). The highest BCUT2D eigenvalue weighted by Crippen LogP contribution is 2.32. The summed E-state index contributed by atoms with van der Waals surface area (Å²) in [4.78, 5) is 18.6. The Morgan fingerprint density at radius 3 is 2.42 bits per heavy atom. The Kier molecular flexibility index (Phi) is 7.26. The molecule has 0 radical (unpaired) electrons. The first-order valence-electron chi connectivity index (χ1n) is 12.3. The van der Waals surface area contributed by atoms with Gasteiger partial charge < -0.3 is 9.72 Å². The number of aromatic amines is 1. The van der Waals surface area contributed by atoms with Crippen LogP contribution in [0.2, 0.25) is 0 Å². The summed E-state index contributed by atoms with van der Waals surface area (Å²) in [5.74, 6) is 1.79. The quantitative estimate of drug-likeness (QED) is 0.376. The lowest BCUT2D eigenvalue weighted by Crippen LogP contribution is -2.37. The van der Waals surface area contributed by atoms with Crippen LogP contribution in [0.1, 0.15) is 63.2 Å². The highest BCUT2D eigenvalue weighted by atomic mass is 16.5. The summed E-state index contributed by atoms with van der Waals surface area (Å²) in [6.45, 7) is 13.7. The fourth-order valence-electron chi connectivity index (χ4n) is 4.65. The number of H-pyrrole nitrogens is 1. The van der Waals surface area contributed by atoms with E-state index in [0.29, 0.717) is 18.7 Å². The Balaban J connectivity index is 1.79. The monoisotopic (exact) mass is 488 g/mol. The van der Waals surface area contributed by atoms with Crippen LogP contribution in [0.15, 0.2) is 53.3 Å². The number of tetrazole rings is 1. The number of fused-ring (bicyclic) bond motifs is 1. The minimum Gasteiger partial charge on any atom is -0.497 e. The number of hydrogen-bond donors (Lipinski definition) is 1. The number of ether oxygens (including phenoxy) is 1. The van der Waals surface area contributed by atoms with Gasteiger partial charge >= 0.3 is 0 Å². The average Bonchev–Trinajstić information content (AvgIpc) is 3.30. The first kappa shape index (κ1) is 25.6. The predicted molar refractivity (Wildman–Crippen MR) is 142 cm³/mol. The van der Waals surface area contributed by atoms with Gasteiger partial charge in [0.1, 0.15) is 5.75 Å². The number of aromatic nitrogens is 5. The minimum absolute atomic E-state index is 0.0780. The summed E-state index contributed by atoms with van der Waals surface area (Å²) in [5, 5.41) is 13.8. The van der Waals surface area contributed by atoms with Crippen molar-refractivity contribution >= 4 is 10.9 Å². The zero-order chi connectivity index (χ0) is 26.0. The molecule has 1 atom stereocenters. The maximum Gasteiger partial charge on any atom is 0.252 e. The standard InChI is InChI=1S/C28H36N6O2/c1-18(2)25(26-30-31-32-34(26)28(4,5)6)33(16-20-9-12-23(36-7)13-10-20)17-22-15-21-11-8-19(3)14-24(21)29-27(22)35/h8-15,18,25H,16-17H2,1-7H3,(H,29,35). The number of benzene rings is 2. The van der Waals surface area contributed by atoms with Crippen LogP contribution in [-0.2, 0) is 18.6 Å². The van der Waals surface area contributed by atoms with E-state index in [-0.39, 0.29) is 23.1 Å². The molecule has 36 heavy (non-hydrogen) atoms. The van der Waals surface area contributed by atoms with E-state index in [1.54, 1.807) is 7.11 Å². The fraction of sp³-hybridized carbons (Fsp3) is 0.429. The predicted octanol–water partition coefficient (Wildman–Crippen LogP) is 4.99. The Morgan fingerprint density at radius 1 is 1.06 bits per heavy atom. The molecule has 0 saturated heterocycles. The summed E-state index contributed by atoms with van der Waals surface area (Å²) >= 11 is 0. The molecule has 1 N–H and O–H groups in total. The van der Waals surface area contributed by atoms with Crippen LogP contribution >= 0.6 is 0 Å². The fourth-order valence-corrected chi connectivity index (χ4v) is 4.65. The van der Waals surface area contributed by atoms with E-state index < -0.39 is 0 Å². The number of hydrogen-bond acceptors (Lipinski definition) is 6. The van der Waals surface area contributed by atoms with Crippen molar-refractivity contribution in [3.05, 3.63) is 81.4 Å². The van der Waals surface area contributed by atoms with Crippen molar-refractivity contribution in [1.82, 2.24) is 30.1 Å². The van der Waals surface area contributed by atoms with Gasteiger partial charge in [-0.3, -0.25) is 9.69 Å². The smallest absolute Gasteiger partial charge is 0.252 e. The van der Waals surface area contributed by atoms with Crippen LogP contribution in [0.25, 0.3) is 10.9 Å². The highest BCUT2D eigenvalue weighted by molar-refractivity contribution is 5.79. The second-order valence-corrected chi connectivity index (χ2v) is 10.8. The summed E-state index contributed by atoms with van der Waals surface area (Å²) in [6.07, 6.45) is 0. The lowest BCUT2D eigenvalue weighted by Gasteiger charge is -2.35. The van der Waals surface area contributed by atoms with Crippen molar-refractivity contribution in [1.29, 1.82) is 0 Å². The van der Waals surface area contributed by atoms with E-state index in [2.05, 4.69) is 84.3 Å². The highest BCUT2D eigenvalue weighted by Gasteiger charge is 2.33. The van der Waals surface area contributed by atoms with Crippen molar-refractivity contribution in [2.45, 2.75) is 66.2 Å². The summed E-state index contributed by atoms with van der Waals surface area (Å²) in [6, 6.07) is 16.0. The van der Waals surface area contributed by atoms with Gasteiger partial charge in [-0.25, -0.2) is 4.68 Å². The van der Waals surface area contributed by atoms with Crippen molar-refractivity contribution < 1.29 is 4.74 Å². The van der Waals surface area contributed by atoms with Gasteiger partial charge in [0.2, 0.25) is 0 Å². The molecule has 0 bridgehead atoms. The topological polar surface area (TPSA) is 88.9 Å². The van der Waals surface area contributed by atoms with E-state index in [9.17, 15) is 4.79 Å². The second kappa shape index (κ2) is 10.2. The third kappa shape index (κ3) is 5.49. The molecule has 0 amide bonds. The average molecular weight is 489 g/mol. The van der Waals surface area contributed by atoms with E-state index in [4.69, 9.17) is 4.74 Å². The van der Waals surface area contributed by atoms with Crippen LogP contribution < -0.4 is 10.3 Å². The maximum atomic E-state index is 13.2. The molecule has 0 spiro atoms. The summed E-state index contributed by atoms with van der Waals surface area (Å²) in [5.41, 5.74) is 3.43. The Bertz CT molecular complexity index is 1380. The molecule has 0 fully saturated rings. The first-order chi connectivity index (χ1) is 17.1. The number of nitrogens with zero attached hydrogens (tertiary/aromatic N) is 5. The van der Waals surface area contributed by atoms with Gasteiger partial charge in [0.15, 0.2) is 5.82 Å². The van der Waals surface area contributed by atoms with Crippen LogP contribution in [0, 0.1) is 12.8 Å². The van der Waals surface area contributed by atoms with Gasteiger partial charge in [0.05, 0.1) is 18.7 Å². The van der Waals surface area contributed by atoms with Gasteiger partial charge in [0, 0.05) is 24.2 Å². The first-order valence-corrected chi connectivity index (χ1v) is 12.3. The Hall–Kier alpha value is -3.52. The molecule has 0 aliphatic carbocycles. The van der Waals surface area contributed by atoms with E-state index in [1.165, 1.54) is 0 Å². The van der Waals surface area contributed by atoms with Crippen molar-refractivity contribution in [3.63, 3.8) is 0 Å². The van der Waals surface area contributed by atoms with Gasteiger partial charge in [-0.1, -0.05) is 38.1 Å². The van der Waals surface area contributed by atoms with E-state index >= 15 is 0 Å². The zero-order valence-electron chi connectivity index (χ0n) is 22.2. The van der Waals surface area contributed by atoms with Crippen molar-refractivity contribution in [3.8, 4) is 5.75 Å². The molecule has 0 saturated carbocycles. The van der Waals surface area contributed by atoms with Gasteiger partial charge in [-0.2, -0.15) is 0 Å². The molecular formula is C28H36N6O2. The lowest BCUT2D eigenvalue weighted by atomic mass is 9.98. The van der Waals surface area contributed by atoms with Crippen molar-refractivity contribution in [2.24, 2.45) is 5.92 Å². The maximum absolute atomic E-state index is 13.2.